The third-order valence-corrected chi connectivity index (χ3v) is 3.13. The summed E-state index contributed by atoms with van der Waals surface area (Å²) in [6.07, 6.45) is 0.969. The lowest BCUT2D eigenvalue weighted by Crippen LogP contribution is -2.30. The van der Waals surface area contributed by atoms with Crippen molar-refractivity contribution >= 4 is 10.9 Å². The second kappa shape index (κ2) is 6.17. The van der Waals surface area contributed by atoms with Crippen LogP contribution < -0.4 is 5.73 Å². The molecule has 19 heavy (non-hydrogen) atoms. The zero-order valence-electron chi connectivity index (χ0n) is 12.0. The Balaban J connectivity index is 2.16. The Morgan fingerprint density at radius 1 is 1.32 bits per heavy atom. The molecule has 4 nitrogen and oxygen atoms in total. The molecule has 1 aromatic carbocycles. The van der Waals surface area contributed by atoms with E-state index in [-0.39, 0.29) is 12.1 Å². The molecule has 0 fully saturated rings. The van der Waals surface area contributed by atoms with Gasteiger partial charge in [-0.15, -0.1) is 0 Å². The number of aromatic nitrogens is 2. The lowest BCUT2D eigenvalue weighted by Gasteiger charge is -2.13. The Labute approximate surface area is 114 Å². The summed E-state index contributed by atoms with van der Waals surface area (Å²) in [7, 11) is 0. The molecule has 1 atom stereocenters. The smallest absolute Gasteiger partial charge is 0.0719 e. The fourth-order valence-electron chi connectivity index (χ4n) is 2.21. The molecule has 0 saturated carbocycles. The first-order valence-electron chi connectivity index (χ1n) is 6.93. The fourth-order valence-corrected chi connectivity index (χ4v) is 2.21. The minimum atomic E-state index is -0.00832. The molecule has 1 heterocycles. The van der Waals surface area contributed by atoms with Gasteiger partial charge in [0.05, 0.1) is 23.9 Å². The van der Waals surface area contributed by atoms with E-state index in [0.29, 0.717) is 6.61 Å². The molecular weight excluding hydrogens is 238 g/mol. The van der Waals surface area contributed by atoms with Crippen molar-refractivity contribution in [2.75, 3.05) is 6.61 Å². The molecule has 0 radical (unpaired) electrons. The summed E-state index contributed by atoms with van der Waals surface area (Å²) in [5.41, 5.74) is 8.37. The maximum absolute atomic E-state index is 6.12. The largest absolute Gasteiger partial charge is 0.377 e. The number of hydrogen-bond donors (Lipinski definition) is 1. The van der Waals surface area contributed by atoms with Gasteiger partial charge < -0.3 is 10.5 Å². The van der Waals surface area contributed by atoms with Gasteiger partial charge in [-0.3, -0.25) is 4.68 Å². The van der Waals surface area contributed by atoms with Crippen LogP contribution in [0, 0.1) is 0 Å². The summed E-state index contributed by atoms with van der Waals surface area (Å²) in [6, 6.07) is 8.29. The van der Waals surface area contributed by atoms with Gasteiger partial charge in [-0.1, -0.05) is 18.2 Å². The maximum Gasteiger partial charge on any atom is 0.0719 e. The summed E-state index contributed by atoms with van der Waals surface area (Å²) < 4.78 is 7.59. The molecule has 1 unspecified atom stereocenters. The zero-order valence-corrected chi connectivity index (χ0v) is 12.0. The lowest BCUT2D eigenvalue weighted by molar-refractivity contribution is 0.0683. The third kappa shape index (κ3) is 3.33. The van der Waals surface area contributed by atoms with Crippen molar-refractivity contribution in [2.24, 2.45) is 5.73 Å². The Kier molecular flexibility index (Phi) is 4.56. The van der Waals surface area contributed by atoms with E-state index in [1.807, 2.05) is 30.7 Å². The predicted octanol–water partition coefficient (Wildman–Crippen LogP) is 2.35. The number of ether oxygens (including phenoxy) is 1. The second-order valence-corrected chi connectivity index (χ2v) is 5.13. The Morgan fingerprint density at radius 3 is 2.74 bits per heavy atom. The number of nitrogens with two attached hydrogens (primary N) is 1. The van der Waals surface area contributed by atoms with Crippen molar-refractivity contribution in [2.45, 2.75) is 45.9 Å². The molecule has 104 valence electrons. The highest BCUT2D eigenvalue weighted by atomic mass is 16.5. The standard InChI is InChI=1S/C15H23N3O/c1-4-18-15-8-6-5-7-13(15)14(17-18)9-12(16)10-19-11(2)3/h5-8,11-12H,4,9-10,16H2,1-3H3. The SMILES string of the molecule is CCn1nc(CC(N)COC(C)C)c2ccccc21. The number of fused-ring (bicyclic) bond motifs is 1. The van der Waals surface area contributed by atoms with Crippen LogP contribution in [0.25, 0.3) is 10.9 Å². The minimum Gasteiger partial charge on any atom is -0.377 e. The summed E-state index contributed by atoms with van der Waals surface area (Å²) in [5, 5.41) is 5.85. The van der Waals surface area contributed by atoms with Crippen LogP contribution >= 0.6 is 0 Å². The molecule has 0 bridgehead atoms. The predicted molar refractivity (Wildman–Crippen MR) is 78.2 cm³/mol. The molecule has 0 aliphatic heterocycles. The molecule has 1 aromatic heterocycles. The first-order valence-corrected chi connectivity index (χ1v) is 6.93. The first kappa shape index (κ1) is 14.0. The van der Waals surface area contributed by atoms with Gasteiger partial charge in [0.2, 0.25) is 0 Å². The van der Waals surface area contributed by atoms with Crippen molar-refractivity contribution in [1.29, 1.82) is 0 Å². The van der Waals surface area contributed by atoms with E-state index in [2.05, 4.69) is 24.2 Å². The highest BCUT2D eigenvalue weighted by molar-refractivity contribution is 5.82. The van der Waals surface area contributed by atoms with Crippen LogP contribution in [-0.4, -0.2) is 28.5 Å². The van der Waals surface area contributed by atoms with E-state index in [9.17, 15) is 0 Å². The summed E-state index contributed by atoms with van der Waals surface area (Å²) in [5.74, 6) is 0. The number of benzene rings is 1. The zero-order chi connectivity index (χ0) is 13.8. The average molecular weight is 261 g/mol. The number of hydrogen-bond acceptors (Lipinski definition) is 3. The molecule has 0 aliphatic rings. The first-order chi connectivity index (χ1) is 9.11. The van der Waals surface area contributed by atoms with Crippen LogP contribution in [0.4, 0.5) is 0 Å². The molecule has 0 spiro atoms. The molecule has 0 aliphatic carbocycles. The number of rotatable bonds is 6. The Morgan fingerprint density at radius 2 is 2.05 bits per heavy atom. The third-order valence-electron chi connectivity index (χ3n) is 3.13. The van der Waals surface area contributed by atoms with Gasteiger partial charge in [-0.05, 0) is 26.8 Å². The van der Waals surface area contributed by atoms with Gasteiger partial charge in [-0.25, -0.2) is 0 Å². The van der Waals surface area contributed by atoms with Gasteiger partial charge in [0, 0.05) is 24.4 Å². The van der Waals surface area contributed by atoms with E-state index in [4.69, 9.17) is 10.5 Å². The van der Waals surface area contributed by atoms with Crippen LogP contribution in [0.5, 0.6) is 0 Å². The quantitative estimate of drug-likeness (QED) is 0.868. The highest BCUT2D eigenvalue weighted by Crippen LogP contribution is 2.19. The van der Waals surface area contributed by atoms with Crippen LogP contribution in [0.3, 0.4) is 0 Å². The Hall–Kier alpha value is -1.39. The van der Waals surface area contributed by atoms with Crippen molar-refractivity contribution in [3.05, 3.63) is 30.0 Å². The fraction of sp³-hybridized carbons (Fsp3) is 0.533. The summed E-state index contributed by atoms with van der Waals surface area (Å²) in [4.78, 5) is 0. The van der Waals surface area contributed by atoms with Crippen LogP contribution in [-0.2, 0) is 17.7 Å². The molecular formula is C15H23N3O. The Bertz CT molecular complexity index is 533. The average Bonchev–Trinajstić information content (AvgIpc) is 2.75. The van der Waals surface area contributed by atoms with Gasteiger partial charge in [0.1, 0.15) is 0 Å². The summed E-state index contributed by atoms with van der Waals surface area (Å²) in [6.45, 7) is 7.59. The van der Waals surface area contributed by atoms with Gasteiger partial charge in [-0.2, -0.15) is 5.10 Å². The monoisotopic (exact) mass is 261 g/mol. The minimum absolute atomic E-state index is 0.00832. The van der Waals surface area contributed by atoms with Crippen LogP contribution in [0.2, 0.25) is 0 Å². The van der Waals surface area contributed by atoms with Gasteiger partial charge >= 0.3 is 0 Å². The van der Waals surface area contributed by atoms with Gasteiger partial charge in [0.15, 0.2) is 0 Å². The normalized spacial score (nSPS) is 13.3. The number of para-hydroxylation sites is 1. The van der Waals surface area contributed by atoms with Crippen LogP contribution in [0.1, 0.15) is 26.5 Å². The molecule has 4 heteroatoms. The molecule has 2 rings (SSSR count). The van der Waals surface area contributed by atoms with Crippen LogP contribution in [0.15, 0.2) is 24.3 Å². The van der Waals surface area contributed by atoms with Gasteiger partial charge in [0.25, 0.3) is 0 Å². The molecule has 0 amide bonds. The topological polar surface area (TPSA) is 53.1 Å². The number of aryl methyl sites for hydroxylation is 1. The van der Waals surface area contributed by atoms with E-state index in [0.717, 1.165) is 18.7 Å². The molecule has 2 N–H and O–H groups in total. The molecule has 2 aromatic rings. The number of nitrogens with zero attached hydrogens (tertiary/aromatic N) is 2. The van der Waals surface area contributed by atoms with E-state index in [1.54, 1.807) is 0 Å². The van der Waals surface area contributed by atoms with Crippen molar-refractivity contribution in [1.82, 2.24) is 9.78 Å². The van der Waals surface area contributed by atoms with E-state index < -0.39 is 0 Å². The van der Waals surface area contributed by atoms with Crippen molar-refractivity contribution in [3.63, 3.8) is 0 Å². The van der Waals surface area contributed by atoms with Crippen molar-refractivity contribution in [3.8, 4) is 0 Å². The maximum atomic E-state index is 6.12. The summed E-state index contributed by atoms with van der Waals surface area (Å²) >= 11 is 0. The lowest BCUT2D eigenvalue weighted by atomic mass is 10.1. The van der Waals surface area contributed by atoms with E-state index >= 15 is 0 Å². The highest BCUT2D eigenvalue weighted by Gasteiger charge is 2.13. The van der Waals surface area contributed by atoms with Crippen molar-refractivity contribution < 1.29 is 4.74 Å². The second-order valence-electron chi connectivity index (χ2n) is 5.13. The van der Waals surface area contributed by atoms with E-state index in [1.165, 1.54) is 10.9 Å². The molecule has 0 saturated heterocycles.